The number of carbonyl (C=O) groups is 1. The van der Waals surface area contributed by atoms with Crippen LogP contribution >= 0.6 is 11.6 Å². The van der Waals surface area contributed by atoms with Crippen LogP contribution in [-0.4, -0.2) is 18.0 Å². The first kappa shape index (κ1) is 18.8. The van der Waals surface area contributed by atoms with Gasteiger partial charge in [0.25, 0.3) is 0 Å². The van der Waals surface area contributed by atoms with Gasteiger partial charge in [0.1, 0.15) is 0 Å². The average molecular weight is 291 g/mol. The first-order valence-electron chi connectivity index (χ1n) is 7.90. The highest BCUT2D eigenvalue weighted by Gasteiger charge is 1.97. The molecule has 0 aromatic carbocycles. The van der Waals surface area contributed by atoms with Crippen molar-refractivity contribution >= 4 is 17.6 Å². The van der Waals surface area contributed by atoms with Gasteiger partial charge in [-0.2, -0.15) is 0 Å². The van der Waals surface area contributed by atoms with E-state index in [1.54, 1.807) is 0 Å². The normalized spacial score (nSPS) is 12.4. The van der Waals surface area contributed by atoms with E-state index in [1.165, 1.54) is 64.7 Å². The SMILES string of the molecule is CC(=O)OCCCCCCCCCCCCC(C)Cl. The molecule has 0 N–H and O–H groups in total. The van der Waals surface area contributed by atoms with Gasteiger partial charge in [-0.05, 0) is 19.8 Å². The molecule has 0 saturated carbocycles. The van der Waals surface area contributed by atoms with Crippen LogP contribution in [0.3, 0.4) is 0 Å². The van der Waals surface area contributed by atoms with Crippen molar-refractivity contribution in [2.75, 3.05) is 6.61 Å². The van der Waals surface area contributed by atoms with Gasteiger partial charge in [0.2, 0.25) is 0 Å². The summed E-state index contributed by atoms with van der Waals surface area (Å²) in [7, 11) is 0. The molecule has 0 aliphatic carbocycles. The highest BCUT2D eigenvalue weighted by Crippen LogP contribution is 2.13. The Morgan fingerprint density at radius 2 is 1.32 bits per heavy atom. The topological polar surface area (TPSA) is 26.3 Å². The van der Waals surface area contributed by atoms with Crippen molar-refractivity contribution in [2.24, 2.45) is 0 Å². The van der Waals surface area contributed by atoms with Gasteiger partial charge >= 0.3 is 5.97 Å². The Labute approximate surface area is 124 Å². The molecule has 0 saturated heterocycles. The summed E-state index contributed by atoms with van der Waals surface area (Å²) in [6, 6.07) is 0. The number of halogens is 1. The van der Waals surface area contributed by atoms with E-state index >= 15 is 0 Å². The molecule has 0 aliphatic heterocycles. The molecule has 0 radical (unpaired) electrons. The zero-order chi connectivity index (χ0) is 14.3. The molecule has 0 bridgehead atoms. The third-order valence-corrected chi connectivity index (χ3v) is 3.52. The number of hydrogen-bond acceptors (Lipinski definition) is 2. The maximum Gasteiger partial charge on any atom is 0.302 e. The number of carbonyl (C=O) groups excluding carboxylic acids is 1. The van der Waals surface area contributed by atoms with E-state index in [1.807, 2.05) is 0 Å². The van der Waals surface area contributed by atoms with Crippen molar-refractivity contribution in [3.63, 3.8) is 0 Å². The molecule has 0 amide bonds. The molecular formula is C16H31ClO2. The van der Waals surface area contributed by atoms with E-state index in [4.69, 9.17) is 16.3 Å². The van der Waals surface area contributed by atoms with Crippen molar-refractivity contribution in [1.82, 2.24) is 0 Å². The third kappa shape index (κ3) is 17.8. The van der Waals surface area contributed by atoms with Crippen molar-refractivity contribution in [3.05, 3.63) is 0 Å². The molecule has 3 heteroatoms. The van der Waals surface area contributed by atoms with Crippen molar-refractivity contribution in [3.8, 4) is 0 Å². The Bertz CT molecular complexity index is 205. The number of esters is 1. The molecule has 0 fully saturated rings. The fourth-order valence-corrected chi connectivity index (χ4v) is 2.31. The Kier molecular flexibility index (Phi) is 14.0. The number of unbranched alkanes of at least 4 members (excludes halogenated alkanes) is 9. The Hall–Kier alpha value is -0.240. The molecule has 1 unspecified atom stereocenters. The molecule has 0 heterocycles. The molecule has 1 atom stereocenters. The van der Waals surface area contributed by atoms with Crippen LogP contribution in [0.25, 0.3) is 0 Å². The summed E-state index contributed by atoms with van der Waals surface area (Å²) < 4.78 is 4.89. The van der Waals surface area contributed by atoms with Crippen LogP contribution in [0.4, 0.5) is 0 Å². The van der Waals surface area contributed by atoms with Gasteiger partial charge in [-0.1, -0.05) is 57.8 Å². The third-order valence-electron chi connectivity index (χ3n) is 3.30. The first-order valence-corrected chi connectivity index (χ1v) is 8.34. The minimum absolute atomic E-state index is 0.163. The number of hydrogen-bond donors (Lipinski definition) is 0. The molecular weight excluding hydrogens is 260 g/mol. The summed E-state index contributed by atoms with van der Waals surface area (Å²) in [6.07, 6.45) is 14.0. The monoisotopic (exact) mass is 290 g/mol. The molecule has 0 aromatic rings. The van der Waals surface area contributed by atoms with E-state index in [2.05, 4.69) is 6.92 Å². The lowest BCUT2D eigenvalue weighted by molar-refractivity contribution is -0.141. The lowest BCUT2D eigenvalue weighted by Gasteiger charge is -2.04. The van der Waals surface area contributed by atoms with Gasteiger partial charge in [0.05, 0.1) is 6.61 Å². The summed E-state index contributed by atoms with van der Waals surface area (Å²) in [4.78, 5) is 10.5. The molecule has 0 rings (SSSR count). The van der Waals surface area contributed by atoms with Gasteiger partial charge in [-0.25, -0.2) is 0 Å². The Morgan fingerprint density at radius 1 is 0.895 bits per heavy atom. The van der Waals surface area contributed by atoms with Crippen LogP contribution in [0.15, 0.2) is 0 Å². The molecule has 19 heavy (non-hydrogen) atoms. The summed E-state index contributed by atoms with van der Waals surface area (Å²) in [6.45, 7) is 4.13. The van der Waals surface area contributed by atoms with E-state index in [0.717, 1.165) is 12.8 Å². The van der Waals surface area contributed by atoms with Gasteiger partial charge < -0.3 is 4.74 Å². The molecule has 0 spiro atoms. The zero-order valence-electron chi connectivity index (χ0n) is 12.8. The molecule has 2 nitrogen and oxygen atoms in total. The molecule has 0 aliphatic rings. The Balaban J connectivity index is 2.97. The van der Waals surface area contributed by atoms with Crippen LogP contribution in [0.5, 0.6) is 0 Å². The maximum absolute atomic E-state index is 10.5. The lowest BCUT2D eigenvalue weighted by atomic mass is 10.1. The second-order valence-corrected chi connectivity index (χ2v) is 6.19. The summed E-state index contributed by atoms with van der Waals surface area (Å²) in [5.41, 5.74) is 0. The predicted octanol–water partition coefficient (Wildman–Crippen LogP) is 5.47. The fraction of sp³-hybridized carbons (Fsp3) is 0.938. The molecule has 0 aromatic heterocycles. The summed E-state index contributed by atoms with van der Waals surface area (Å²) >= 11 is 5.90. The summed E-state index contributed by atoms with van der Waals surface area (Å²) in [5, 5.41) is 0.340. The van der Waals surface area contributed by atoms with Gasteiger partial charge in [0, 0.05) is 12.3 Å². The van der Waals surface area contributed by atoms with Crippen molar-refractivity contribution in [1.29, 1.82) is 0 Å². The highest BCUT2D eigenvalue weighted by atomic mass is 35.5. The smallest absolute Gasteiger partial charge is 0.302 e. The fourth-order valence-electron chi connectivity index (χ4n) is 2.16. The van der Waals surface area contributed by atoms with Crippen molar-refractivity contribution < 1.29 is 9.53 Å². The van der Waals surface area contributed by atoms with Crippen LogP contribution in [0, 0.1) is 0 Å². The van der Waals surface area contributed by atoms with E-state index < -0.39 is 0 Å². The maximum atomic E-state index is 10.5. The summed E-state index contributed by atoms with van der Waals surface area (Å²) in [5.74, 6) is -0.163. The average Bonchev–Trinajstić information content (AvgIpc) is 2.34. The van der Waals surface area contributed by atoms with Gasteiger partial charge in [-0.15, -0.1) is 11.6 Å². The quantitative estimate of drug-likeness (QED) is 0.255. The number of rotatable bonds is 13. The second-order valence-electron chi connectivity index (χ2n) is 5.45. The minimum atomic E-state index is -0.163. The lowest BCUT2D eigenvalue weighted by Crippen LogP contribution is -2.00. The van der Waals surface area contributed by atoms with E-state index in [-0.39, 0.29) is 5.97 Å². The van der Waals surface area contributed by atoms with Crippen LogP contribution in [0.1, 0.15) is 84.5 Å². The van der Waals surface area contributed by atoms with E-state index in [9.17, 15) is 4.79 Å². The molecule has 114 valence electrons. The Morgan fingerprint density at radius 3 is 1.74 bits per heavy atom. The standard InChI is InChI=1S/C16H31ClO2/c1-15(17)13-11-9-7-5-3-4-6-8-10-12-14-19-16(2)18/h15H,3-14H2,1-2H3. The first-order chi connectivity index (χ1) is 9.13. The second kappa shape index (κ2) is 14.2. The minimum Gasteiger partial charge on any atom is -0.466 e. The van der Waals surface area contributed by atoms with Crippen LogP contribution in [0.2, 0.25) is 0 Å². The largest absolute Gasteiger partial charge is 0.466 e. The predicted molar refractivity (Wildman–Crippen MR) is 82.7 cm³/mol. The van der Waals surface area contributed by atoms with Gasteiger partial charge in [-0.3, -0.25) is 4.79 Å². The van der Waals surface area contributed by atoms with E-state index in [0.29, 0.717) is 12.0 Å². The van der Waals surface area contributed by atoms with Crippen molar-refractivity contribution in [2.45, 2.75) is 89.9 Å². The van der Waals surface area contributed by atoms with Gasteiger partial charge in [0.15, 0.2) is 0 Å². The zero-order valence-corrected chi connectivity index (χ0v) is 13.5. The number of alkyl halides is 1. The highest BCUT2D eigenvalue weighted by molar-refractivity contribution is 6.20. The van der Waals surface area contributed by atoms with Crippen LogP contribution < -0.4 is 0 Å². The van der Waals surface area contributed by atoms with Crippen LogP contribution in [-0.2, 0) is 9.53 Å². The number of ether oxygens (including phenoxy) is 1.